The second-order valence-electron chi connectivity index (χ2n) is 4.32. The van der Waals surface area contributed by atoms with Gasteiger partial charge in [0.25, 0.3) is 0 Å². The molecule has 0 spiro atoms. The third kappa shape index (κ3) is 4.12. The lowest BCUT2D eigenvalue weighted by molar-refractivity contribution is -0.141. The summed E-state index contributed by atoms with van der Waals surface area (Å²) in [6, 6.07) is 1.63. The predicted molar refractivity (Wildman–Crippen MR) is 63.3 cm³/mol. The molecule has 6 nitrogen and oxygen atoms in total. The van der Waals surface area contributed by atoms with Gasteiger partial charge in [-0.25, -0.2) is 0 Å². The number of carbonyl (C=O) groups is 1. The first-order valence-electron chi connectivity index (χ1n) is 5.91. The summed E-state index contributed by atoms with van der Waals surface area (Å²) in [5.74, 6) is -1.60. The molecule has 6 heteroatoms. The van der Waals surface area contributed by atoms with E-state index in [1.54, 1.807) is 19.9 Å². The molecule has 1 rings (SSSR count). The van der Waals surface area contributed by atoms with Crippen LogP contribution in [0, 0.1) is 12.8 Å². The third-order valence-corrected chi connectivity index (χ3v) is 2.62. The van der Waals surface area contributed by atoms with Crippen LogP contribution in [0.25, 0.3) is 0 Å². The Morgan fingerprint density at radius 2 is 2.33 bits per heavy atom. The number of aliphatic carboxylic acids is 1. The minimum absolute atomic E-state index is 0.0675. The fourth-order valence-electron chi connectivity index (χ4n) is 1.71. The predicted octanol–water partition coefficient (Wildman–Crippen LogP) is 1.19. The second kappa shape index (κ2) is 7.13. The van der Waals surface area contributed by atoms with Crippen LogP contribution in [0.4, 0.5) is 0 Å². The van der Waals surface area contributed by atoms with Gasteiger partial charge >= 0.3 is 5.97 Å². The van der Waals surface area contributed by atoms with Crippen LogP contribution in [-0.4, -0.2) is 41.2 Å². The molecule has 0 bridgehead atoms. The number of carboxylic acids is 1. The number of hydrogen-bond acceptors (Lipinski definition) is 5. The van der Waals surface area contributed by atoms with Crippen molar-refractivity contribution in [3.63, 3.8) is 0 Å². The highest BCUT2D eigenvalue weighted by Crippen LogP contribution is 2.26. The van der Waals surface area contributed by atoms with Gasteiger partial charge in [-0.3, -0.25) is 4.79 Å². The van der Waals surface area contributed by atoms with E-state index in [1.807, 2.05) is 0 Å². The van der Waals surface area contributed by atoms with Crippen LogP contribution >= 0.6 is 0 Å². The number of nitrogens with zero attached hydrogens (tertiary/aromatic N) is 1. The lowest BCUT2D eigenvalue weighted by atomic mass is 9.92. The van der Waals surface area contributed by atoms with Crippen LogP contribution in [0.5, 0.6) is 0 Å². The summed E-state index contributed by atoms with van der Waals surface area (Å²) >= 11 is 0. The lowest BCUT2D eigenvalue weighted by Gasteiger charge is -2.17. The molecule has 0 aliphatic rings. The zero-order chi connectivity index (χ0) is 13.5. The van der Waals surface area contributed by atoms with Gasteiger partial charge in [0.2, 0.25) is 0 Å². The fourth-order valence-corrected chi connectivity index (χ4v) is 1.71. The molecular formula is C12H19NO5. The first-order chi connectivity index (χ1) is 8.56. The lowest BCUT2D eigenvalue weighted by Crippen LogP contribution is -2.23. The van der Waals surface area contributed by atoms with E-state index in [1.165, 1.54) is 0 Å². The highest BCUT2D eigenvalue weighted by molar-refractivity contribution is 5.75. The van der Waals surface area contributed by atoms with Crippen molar-refractivity contribution in [1.29, 1.82) is 0 Å². The Morgan fingerprint density at radius 1 is 1.61 bits per heavy atom. The highest BCUT2D eigenvalue weighted by atomic mass is 16.5. The minimum atomic E-state index is -0.954. The Labute approximate surface area is 106 Å². The summed E-state index contributed by atoms with van der Waals surface area (Å²) in [6.45, 7) is 4.32. The summed E-state index contributed by atoms with van der Waals surface area (Å²) in [6.07, 6.45) is 0.547. The van der Waals surface area contributed by atoms with Gasteiger partial charge in [-0.2, -0.15) is 0 Å². The fraction of sp³-hybridized carbons (Fsp3) is 0.667. The van der Waals surface area contributed by atoms with Crippen LogP contribution in [0.15, 0.2) is 10.6 Å². The van der Waals surface area contributed by atoms with E-state index in [-0.39, 0.29) is 12.5 Å². The number of hydrogen-bond donors (Lipinski definition) is 2. The monoisotopic (exact) mass is 257 g/mol. The van der Waals surface area contributed by atoms with Gasteiger partial charge in [0.1, 0.15) is 5.92 Å². The Bertz CT molecular complexity index is 376. The standard InChI is InChI=1S/C12H19NO5/c1-8(7-17-5-3-4-14)11(12(15)16)10-6-9(2)13-18-10/h6,8,11,14H,3-5,7H2,1-2H3,(H,15,16)/t8-,11?/m0/s1. The second-order valence-corrected chi connectivity index (χ2v) is 4.32. The number of aromatic nitrogens is 1. The molecule has 0 amide bonds. The van der Waals surface area contributed by atoms with Crippen LogP contribution in [-0.2, 0) is 9.53 Å². The molecule has 0 radical (unpaired) electrons. The average molecular weight is 257 g/mol. The molecule has 0 saturated carbocycles. The quantitative estimate of drug-likeness (QED) is 0.679. The Hall–Kier alpha value is -1.40. The van der Waals surface area contributed by atoms with Crippen molar-refractivity contribution in [3.05, 3.63) is 17.5 Å². The van der Waals surface area contributed by atoms with E-state index in [4.69, 9.17) is 14.4 Å². The molecule has 0 aromatic carbocycles. The highest BCUT2D eigenvalue weighted by Gasteiger charge is 2.30. The molecule has 2 atom stereocenters. The smallest absolute Gasteiger partial charge is 0.314 e. The van der Waals surface area contributed by atoms with Crippen molar-refractivity contribution >= 4 is 5.97 Å². The van der Waals surface area contributed by atoms with Crippen molar-refractivity contribution in [1.82, 2.24) is 5.16 Å². The SMILES string of the molecule is Cc1cc(C(C(=O)O)[C@@H](C)COCCCO)on1. The van der Waals surface area contributed by atoms with E-state index in [9.17, 15) is 9.90 Å². The molecule has 0 saturated heterocycles. The maximum absolute atomic E-state index is 11.3. The molecule has 1 heterocycles. The number of aryl methyl sites for hydroxylation is 1. The van der Waals surface area contributed by atoms with Crippen molar-refractivity contribution in [2.45, 2.75) is 26.2 Å². The van der Waals surface area contributed by atoms with Crippen LogP contribution in [0.2, 0.25) is 0 Å². The molecule has 1 aromatic rings. The molecule has 18 heavy (non-hydrogen) atoms. The van der Waals surface area contributed by atoms with E-state index < -0.39 is 11.9 Å². The van der Waals surface area contributed by atoms with Gasteiger partial charge in [-0.1, -0.05) is 12.1 Å². The average Bonchev–Trinajstić information content (AvgIpc) is 2.71. The summed E-state index contributed by atoms with van der Waals surface area (Å²) in [5, 5.41) is 21.5. The van der Waals surface area contributed by atoms with Crippen molar-refractivity contribution in [2.24, 2.45) is 5.92 Å². The molecular weight excluding hydrogens is 238 g/mol. The number of rotatable bonds is 8. The third-order valence-electron chi connectivity index (χ3n) is 2.62. The Kier molecular flexibility index (Phi) is 5.80. The van der Waals surface area contributed by atoms with Crippen LogP contribution in [0.3, 0.4) is 0 Å². The van der Waals surface area contributed by atoms with Gasteiger partial charge in [0, 0.05) is 25.2 Å². The minimum Gasteiger partial charge on any atom is -0.481 e. The topological polar surface area (TPSA) is 92.8 Å². The van der Waals surface area contributed by atoms with E-state index in [0.29, 0.717) is 31.1 Å². The van der Waals surface area contributed by atoms with Gasteiger partial charge in [-0.05, 0) is 13.3 Å². The van der Waals surface area contributed by atoms with E-state index in [0.717, 1.165) is 0 Å². The molecule has 1 aromatic heterocycles. The maximum Gasteiger partial charge on any atom is 0.314 e. The van der Waals surface area contributed by atoms with Crippen LogP contribution < -0.4 is 0 Å². The Balaban J connectivity index is 2.59. The molecule has 0 aliphatic heterocycles. The van der Waals surface area contributed by atoms with Gasteiger partial charge in [0.05, 0.1) is 12.3 Å². The number of aliphatic hydroxyl groups is 1. The molecule has 102 valence electrons. The summed E-state index contributed by atoms with van der Waals surface area (Å²) in [7, 11) is 0. The van der Waals surface area contributed by atoms with E-state index >= 15 is 0 Å². The summed E-state index contributed by atoms with van der Waals surface area (Å²) < 4.78 is 10.3. The number of carboxylic acid groups (broad SMARTS) is 1. The van der Waals surface area contributed by atoms with Gasteiger partial charge in [-0.15, -0.1) is 0 Å². The van der Waals surface area contributed by atoms with Crippen molar-refractivity contribution in [2.75, 3.05) is 19.8 Å². The van der Waals surface area contributed by atoms with Crippen LogP contribution in [0.1, 0.15) is 30.7 Å². The zero-order valence-corrected chi connectivity index (χ0v) is 10.6. The van der Waals surface area contributed by atoms with Gasteiger partial charge in [0.15, 0.2) is 5.76 Å². The largest absolute Gasteiger partial charge is 0.481 e. The summed E-state index contributed by atoms with van der Waals surface area (Å²) in [4.78, 5) is 11.3. The molecule has 0 aliphatic carbocycles. The normalized spacial score (nSPS) is 14.4. The maximum atomic E-state index is 11.3. The molecule has 2 N–H and O–H groups in total. The zero-order valence-electron chi connectivity index (χ0n) is 10.6. The van der Waals surface area contributed by atoms with E-state index in [2.05, 4.69) is 5.16 Å². The summed E-state index contributed by atoms with van der Waals surface area (Å²) in [5.41, 5.74) is 0.657. The first-order valence-corrected chi connectivity index (χ1v) is 5.91. The number of aliphatic hydroxyl groups excluding tert-OH is 1. The Morgan fingerprint density at radius 3 is 2.83 bits per heavy atom. The van der Waals surface area contributed by atoms with Gasteiger partial charge < -0.3 is 19.5 Å². The molecule has 0 fully saturated rings. The van der Waals surface area contributed by atoms with Crippen molar-refractivity contribution < 1.29 is 24.3 Å². The van der Waals surface area contributed by atoms with Crippen molar-refractivity contribution in [3.8, 4) is 0 Å². The number of ether oxygens (including phenoxy) is 1. The first kappa shape index (κ1) is 14.7. The molecule has 1 unspecified atom stereocenters.